The van der Waals surface area contributed by atoms with Crippen LogP contribution in [0.1, 0.15) is 30.4 Å². The average molecular weight is 358 g/mol. The van der Waals surface area contributed by atoms with Gasteiger partial charge in [0.05, 0.1) is 6.42 Å². The molecule has 0 radical (unpaired) electrons. The molecular formula is C19H26N4O3. The molecule has 2 aliphatic rings. The summed E-state index contributed by atoms with van der Waals surface area (Å²) >= 11 is 0. The molecule has 140 valence electrons. The van der Waals surface area contributed by atoms with Gasteiger partial charge in [-0.05, 0) is 37.1 Å². The van der Waals surface area contributed by atoms with Crippen LogP contribution in [-0.2, 0) is 22.7 Å². The highest BCUT2D eigenvalue weighted by Crippen LogP contribution is 2.17. The van der Waals surface area contributed by atoms with Gasteiger partial charge in [0.2, 0.25) is 5.91 Å². The maximum atomic E-state index is 12.2. The predicted molar refractivity (Wildman–Crippen MR) is 97.1 cm³/mol. The van der Waals surface area contributed by atoms with Crippen molar-refractivity contribution in [2.45, 2.75) is 38.4 Å². The van der Waals surface area contributed by atoms with E-state index in [0.29, 0.717) is 6.54 Å². The van der Waals surface area contributed by atoms with Crippen molar-refractivity contribution in [1.29, 1.82) is 0 Å². The normalized spacial score (nSPS) is 20.9. The van der Waals surface area contributed by atoms with E-state index in [1.54, 1.807) is 7.05 Å². The standard InChI is InChI=1S/C19H26N4O3/c1-21-16(18(25)22(2)19(21)26)11-17(24)20-12-14-6-5-7-15(10-14)13-23-8-3-4-9-23/h5-7,10,16H,3-4,8-9,11-13H2,1-2H3,(H,20,24). The molecule has 26 heavy (non-hydrogen) atoms. The third kappa shape index (κ3) is 4.04. The lowest BCUT2D eigenvalue weighted by molar-refractivity contribution is -0.131. The van der Waals surface area contributed by atoms with E-state index in [2.05, 4.69) is 22.3 Å². The van der Waals surface area contributed by atoms with Gasteiger partial charge in [0, 0.05) is 27.2 Å². The van der Waals surface area contributed by atoms with Gasteiger partial charge in [0.25, 0.3) is 5.91 Å². The van der Waals surface area contributed by atoms with E-state index in [9.17, 15) is 14.4 Å². The van der Waals surface area contributed by atoms with Gasteiger partial charge >= 0.3 is 6.03 Å². The maximum Gasteiger partial charge on any atom is 0.326 e. The van der Waals surface area contributed by atoms with Gasteiger partial charge in [-0.2, -0.15) is 0 Å². The van der Waals surface area contributed by atoms with Crippen LogP contribution in [0.2, 0.25) is 0 Å². The van der Waals surface area contributed by atoms with Crippen molar-refractivity contribution < 1.29 is 14.4 Å². The fourth-order valence-electron chi connectivity index (χ4n) is 3.56. The van der Waals surface area contributed by atoms with E-state index in [0.717, 1.165) is 30.1 Å². The predicted octanol–water partition coefficient (Wildman–Crippen LogP) is 1.18. The van der Waals surface area contributed by atoms with Gasteiger partial charge in [-0.25, -0.2) is 4.79 Å². The summed E-state index contributed by atoms with van der Waals surface area (Å²) in [7, 11) is 2.98. The molecular weight excluding hydrogens is 332 g/mol. The maximum absolute atomic E-state index is 12.2. The monoisotopic (exact) mass is 358 g/mol. The van der Waals surface area contributed by atoms with Crippen molar-refractivity contribution in [2.75, 3.05) is 27.2 Å². The summed E-state index contributed by atoms with van der Waals surface area (Å²) < 4.78 is 0. The second-order valence-corrected chi connectivity index (χ2v) is 7.09. The number of nitrogens with one attached hydrogen (secondary N) is 1. The van der Waals surface area contributed by atoms with Crippen molar-refractivity contribution in [3.63, 3.8) is 0 Å². The quantitative estimate of drug-likeness (QED) is 0.775. The lowest BCUT2D eigenvalue weighted by Crippen LogP contribution is -2.37. The fraction of sp³-hybridized carbons (Fsp3) is 0.526. The number of carbonyl (C=O) groups is 3. The number of imide groups is 1. The number of nitrogens with zero attached hydrogens (tertiary/aromatic N) is 3. The first-order chi connectivity index (χ1) is 12.5. The van der Waals surface area contributed by atoms with Crippen LogP contribution in [0, 0.1) is 0 Å². The first-order valence-electron chi connectivity index (χ1n) is 9.07. The number of hydrogen-bond donors (Lipinski definition) is 1. The largest absolute Gasteiger partial charge is 0.352 e. The molecule has 1 unspecified atom stereocenters. The Kier molecular flexibility index (Phi) is 5.56. The summed E-state index contributed by atoms with van der Waals surface area (Å²) in [4.78, 5) is 40.8. The Hall–Kier alpha value is -2.41. The summed E-state index contributed by atoms with van der Waals surface area (Å²) in [5.74, 6) is -0.566. The molecule has 0 bridgehead atoms. The van der Waals surface area contributed by atoms with E-state index < -0.39 is 6.04 Å². The summed E-state index contributed by atoms with van der Waals surface area (Å²) in [6, 6.07) is 7.13. The smallest absolute Gasteiger partial charge is 0.326 e. The zero-order valence-corrected chi connectivity index (χ0v) is 15.4. The molecule has 0 aromatic heterocycles. The van der Waals surface area contributed by atoms with Crippen molar-refractivity contribution in [2.24, 2.45) is 0 Å². The van der Waals surface area contributed by atoms with Crippen LogP contribution in [0.5, 0.6) is 0 Å². The third-order valence-corrected chi connectivity index (χ3v) is 5.14. The molecule has 1 atom stereocenters. The highest BCUT2D eigenvalue weighted by Gasteiger charge is 2.41. The van der Waals surface area contributed by atoms with Crippen LogP contribution in [0.3, 0.4) is 0 Å². The minimum Gasteiger partial charge on any atom is -0.352 e. The molecule has 2 saturated heterocycles. The Bertz CT molecular complexity index is 700. The molecule has 3 rings (SSSR count). The number of hydrogen-bond acceptors (Lipinski definition) is 4. The Morgan fingerprint density at radius 3 is 2.50 bits per heavy atom. The second kappa shape index (κ2) is 7.86. The summed E-state index contributed by atoms with van der Waals surface area (Å²) in [6.45, 7) is 3.66. The van der Waals surface area contributed by atoms with Crippen molar-refractivity contribution in [3.05, 3.63) is 35.4 Å². The minimum atomic E-state index is -0.714. The van der Waals surface area contributed by atoms with Crippen LogP contribution in [0.25, 0.3) is 0 Å². The van der Waals surface area contributed by atoms with Crippen LogP contribution < -0.4 is 5.32 Å². The molecule has 2 heterocycles. The van der Waals surface area contributed by atoms with Crippen LogP contribution in [-0.4, -0.2) is 65.8 Å². The molecule has 7 nitrogen and oxygen atoms in total. The van der Waals surface area contributed by atoms with Crippen LogP contribution in [0.4, 0.5) is 4.79 Å². The number of benzene rings is 1. The van der Waals surface area contributed by atoms with Gasteiger partial charge in [-0.3, -0.25) is 19.4 Å². The average Bonchev–Trinajstić information content (AvgIpc) is 3.20. The van der Waals surface area contributed by atoms with E-state index in [4.69, 9.17) is 0 Å². The molecule has 2 aliphatic heterocycles. The first kappa shape index (κ1) is 18.4. The Labute approximate surface area is 153 Å². The van der Waals surface area contributed by atoms with E-state index in [1.165, 1.54) is 30.4 Å². The van der Waals surface area contributed by atoms with Crippen molar-refractivity contribution >= 4 is 17.8 Å². The number of urea groups is 1. The van der Waals surface area contributed by atoms with Gasteiger partial charge in [0.1, 0.15) is 6.04 Å². The molecule has 0 saturated carbocycles. The summed E-state index contributed by atoms with van der Waals surface area (Å²) in [5.41, 5.74) is 2.28. The van der Waals surface area contributed by atoms with Crippen molar-refractivity contribution in [3.8, 4) is 0 Å². The van der Waals surface area contributed by atoms with E-state index in [-0.39, 0.29) is 24.3 Å². The molecule has 0 aliphatic carbocycles. The SMILES string of the molecule is CN1C(=O)C(CC(=O)NCc2cccc(CN3CCCC3)c2)N(C)C1=O. The molecule has 7 heteroatoms. The first-order valence-corrected chi connectivity index (χ1v) is 9.07. The summed E-state index contributed by atoms with van der Waals surface area (Å²) in [5, 5.41) is 2.86. The second-order valence-electron chi connectivity index (χ2n) is 7.09. The molecule has 1 N–H and O–H groups in total. The summed E-state index contributed by atoms with van der Waals surface area (Å²) in [6.07, 6.45) is 2.52. The zero-order valence-electron chi connectivity index (χ0n) is 15.4. The number of rotatable bonds is 6. The van der Waals surface area contributed by atoms with E-state index in [1.807, 2.05) is 12.1 Å². The molecule has 0 spiro atoms. The lowest BCUT2D eigenvalue weighted by atomic mass is 10.1. The molecule has 2 fully saturated rings. The Balaban J connectivity index is 1.51. The van der Waals surface area contributed by atoms with E-state index >= 15 is 0 Å². The minimum absolute atomic E-state index is 0.0150. The van der Waals surface area contributed by atoms with Gasteiger partial charge < -0.3 is 10.2 Å². The fourth-order valence-corrected chi connectivity index (χ4v) is 3.56. The zero-order chi connectivity index (χ0) is 18.7. The lowest BCUT2D eigenvalue weighted by Gasteiger charge is -2.16. The van der Waals surface area contributed by atoms with Crippen LogP contribution >= 0.6 is 0 Å². The highest BCUT2D eigenvalue weighted by atomic mass is 16.2. The van der Waals surface area contributed by atoms with Gasteiger partial charge in [0.15, 0.2) is 0 Å². The van der Waals surface area contributed by atoms with Gasteiger partial charge in [-0.1, -0.05) is 24.3 Å². The number of likely N-dealkylation sites (N-methyl/N-ethyl adjacent to an activating group) is 2. The number of carbonyl (C=O) groups excluding carboxylic acids is 3. The van der Waals surface area contributed by atoms with Crippen LogP contribution in [0.15, 0.2) is 24.3 Å². The topological polar surface area (TPSA) is 73.0 Å². The third-order valence-electron chi connectivity index (χ3n) is 5.14. The molecule has 1 aromatic carbocycles. The Morgan fingerprint density at radius 1 is 1.15 bits per heavy atom. The van der Waals surface area contributed by atoms with Crippen molar-refractivity contribution in [1.82, 2.24) is 20.0 Å². The Morgan fingerprint density at radius 2 is 1.85 bits per heavy atom. The van der Waals surface area contributed by atoms with Gasteiger partial charge in [-0.15, -0.1) is 0 Å². The highest BCUT2D eigenvalue weighted by molar-refractivity contribution is 6.05. The molecule has 4 amide bonds. The molecule has 1 aromatic rings. The number of amides is 4. The number of likely N-dealkylation sites (tertiary alicyclic amines) is 1.